The first-order chi connectivity index (χ1) is 8.65. The first kappa shape index (κ1) is 14.4. The van der Waals surface area contributed by atoms with E-state index in [-0.39, 0.29) is 5.91 Å². The number of hydrogen-bond acceptors (Lipinski definition) is 3. The lowest BCUT2D eigenvalue weighted by atomic mass is 10.2. The zero-order valence-electron chi connectivity index (χ0n) is 10.4. The average molecular weight is 266 g/mol. The van der Waals surface area contributed by atoms with Gasteiger partial charge in [-0.25, -0.2) is 0 Å². The number of methoxy groups -OCH3 is 1. The minimum atomic E-state index is -0.122. The van der Waals surface area contributed by atoms with Crippen molar-refractivity contribution in [3.8, 4) is 5.75 Å². The van der Waals surface area contributed by atoms with Crippen molar-refractivity contribution in [1.29, 1.82) is 0 Å². The molecule has 0 spiro atoms. The third-order valence-corrected chi connectivity index (χ3v) is 2.69. The summed E-state index contributed by atoms with van der Waals surface area (Å²) in [5.41, 5.74) is 5.94. The SMILES string of the molecule is COc1ccccc1C(=O)NCCCCC(N)=S. The van der Waals surface area contributed by atoms with Crippen LogP contribution in [0.5, 0.6) is 5.75 Å². The lowest BCUT2D eigenvalue weighted by Crippen LogP contribution is -2.25. The molecule has 1 amide bonds. The largest absolute Gasteiger partial charge is 0.496 e. The van der Waals surface area contributed by atoms with Gasteiger partial charge in [0.05, 0.1) is 17.7 Å². The van der Waals surface area contributed by atoms with E-state index in [4.69, 9.17) is 22.7 Å². The summed E-state index contributed by atoms with van der Waals surface area (Å²) in [7, 11) is 1.55. The molecule has 4 nitrogen and oxygen atoms in total. The van der Waals surface area contributed by atoms with Crippen LogP contribution < -0.4 is 15.8 Å². The molecule has 98 valence electrons. The number of hydrogen-bond donors (Lipinski definition) is 2. The highest BCUT2D eigenvalue weighted by molar-refractivity contribution is 7.80. The second-order valence-corrected chi connectivity index (χ2v) is 4.40. The molecule has 0 aliphatic heterocycles. The number of thiocarbonyl (C=S) groups is 1. The van der Waals surface area contributed by atoms with Crippen molar-refractivity contribution < 1.29 is 9.53 Å². The van der Waals surface area contributed by atoms with Gasteiger partial charge in [0.2, 0.25) is 0 Å². The van der Waals surface area contributed by atoms with Gasteiger partial charge in [-0.2, -0.15) is 0 Å². The Labute approximate surface area is 113 Å². The molecule has 1 aromatic carbocycles. The summed E-state index contributed by atoms with van der Waals surface area (Å²) in [5, 5.41) is 2.84. The highest BCUT2D eigenvalue weighted by Gasteiger charge is 2.10. The Morgan fingerprint density at radius 1 is 1.39 bits per heavy atom. The Balaban J connectivity index is 2.38. The second-order valence-electron chi connectivity index (χ2n) is 3.88. The van der Waals surface area contributed by atoms with Crippen LogP contribution in [-0.2, 0) is 0 Å². The molecule has 0 saturated carbocycles. The van der Waals surface area contributed by atoms with Gasteiger partial charge in [0, 0.05) is 6.54 Å². The Kier molecular flexibility index (Phi) is 6.14. The number of carbonyl (C=O) groups excluding carboxylic acids is 1. The number of benzene rings is 1. The van der Waals surface area contributed by atoms with Crippen LogP contribution in [0.1, 0.15) is 29.6 Å². The van der Waals surface area contributed by atoms with Gasteiger partial charge in [0.1, 0.15) is 5.75 Å². The Morgan fingerprint density at radius 2 is 2.11 bits per heavy atom. The van der Waals surface area contributed by atoms with Crippen molar-refractivity contribution in [2.45, 2.75) is 19.3 Å². The van der Waals surface area contributed by atoms with Gasteiger partial charge in [0.25, 0.3) is 5.91 Å². The van der Waals surface area contributed by atoms with E-state index in [1.165, 1.54) is 0 Å². The van der Waals surface area contributed by atoms with E-state index in [9.17, 15) is 4.79 Å². The molecule has 0 aromatic heterocycles. The molecule has 0 unspecified atom stereocenters. The molecule has 5 heteroatoms. The van der Waals surface area contributed by atoms with Crippen molar-refractivity contribution in [2.24, 2.45) is 5.73 Å². The van der Waals surface area contributed by atoms with Crippen molar-refractivity contribution in [3.63, 3.8) is 0 Å². The fraction of sp³-hybridized carbons (Fsp3) is 0.385. The van der Waals surface area contributed by atoms with Gasteiger partial charge in [-0.3, -0.25) is 4.79 Å². The van der Waals surface area contributed by atoms with E-state index in [0.29, 0.717) is 22.8 Å². The summed E-state index contributed by atoms with van der Waals surface area (Å²) in [5.74, 6) is 0.459. The van der Waals surface area contributed by atoms with E-state index >= 15 is 0 Å². The molecule has 18 heavy (non-hydrogen) atoms. The zero-order chi connectivity index (χ0) is 13.4. The van der Waals surface area contributed by atoms with E-state index in [1.54, 1.807) is 19.2 Å². The third kappa shape index (κ3) is 4.71. The van der Waals surface area contributed by atoms with E-state index in [0.717, 1.165) is 19.3 Å². The minimum absolute atomic E-state index is 0.122. The standard InChI is InChI=1S/C13H18N2O2S/c1-17-11-7-3-2-6-10(11)13(16)15-9-5-4-8-12(14)18/h2-3,6-7H,4-5,8-9H2,1H3,(H2,14,18)(H,15,16). The molecular weight excluding hydrogens is 248 g/mol. The molecule has 0 saturated heterocycles. The number of rotatable bonds is 7. The van der Waals surface area contributed by atoms with Crippen molar-refractivity contribution >= 4 is 23.1 Å². The maximum atomic E-state index is 11.9. The molecule has 0 aliphatic carbocycles. The number of para-hydroxylation sites is 1. The third-order valence-electron chi connectivity index (χ3n) is 2.49. The predicted octanol–water partition coefficient (Wildman–Crippen LogP) is 1.88. The molecule has 0 heterocycles. The average Bonchev–Trinajstić information content (AvgIpc) is 2.37. The summed E-state index contributed by atoms with van der Waals surface area (Å²) in [4.78, 5) is 12.4. The Morgan fingerprint density at radius 3 is 2.78 bits per heavy atom. The Hall–Kier alpha value is -1.62. The smallest absolute Gasteiger partial charge is 0.255 e. The van der Waals surface area contributed by atoms with Crippen LogP contribution in [0.25, 0.3) is 0 Å². The summed E-state index contributed by atoms with van der Waals surface area (Å²) in [6.45, 7) is 0.611. The molecule has 0 atom stereocenters. The molecule has 0 aliphatic rings. The predicted molar refractivity (Wildman–Crippen MR) is 76.0 cm³/mol. The Bertz CT molecular complexity index is 421. The topological polar surface area (TPSA) is 64.3 Å². The number of carbonyl (C=O) groups is 1. The monoisotopic (exact) mass is 266 g/mol. The van der Waals surface area contributed by atoms with Crippen LogP contribution in [0.4, 0.5) is 0 Å². The van der Waals surface area contributed by atoms with Crippen LogP contribution in [0.15, 0.2) is 24.3 Å². The van der Waals surface area contributed by atoms with E-state index < -0.39 is 0 Å². The van der Waals surface area contributed by atoms with Crippen LogP contribution in [0.3, 0.4) is 0 Å². The number of amides is 1. The summed E-state index contributed by atoms with van der Waals surface area (Å²) in [6.07, 6.45) is 2.47. The van der Waals surface area contributed by atoms with Gasteiger partial charge >= 0.3 is 0 Å². The lowest BCUT2D eigenvalue weighted by molar-refractivity contribution is 0.0950. The molecule has 3 N–H and O–H groups in total. The first-order valence-corrected chi connectivity index (χ1v) is 6.25. The van der Waals surface area contributed by atoms with Crippen molar-refractivity contribution in [2.75, 3.05) is 13.7 Å². The van der Waals surface area contributed by atoms with Crippen molar-refractivity contribution in [1.82, 2.24) is 5.32 Å². The normalized spacial score (nSPS) is 9.83. The number of unbranched alkanes of at least 4 members (excludes halogenated alkanes) is 1. The van der Waals surface area contributed by atoms with Gasteiger partial charge in [-0.05, 0) is 31.4 Å². The summed E-state index contributed by atoms with van der Waals surface area (Å²) >= 11 is 4.78. The van der Waals surface area contributed by atoms with Crippen molar-refractivity contribution in [3.05, 3.63) is 29.8 Å². The van der Waals surface area contributed by atoms with Crippen LogP contribution in [0.2, 0.25) is 0 Å². The zero-order valence-corrected chi connectivity index (χ0v) is 11.3. The molecule has 1 aromatic rings. The lowest BCUT2D eigenvalue weighted by Gasteiger charge is -2.08. The van der Waals surface area contributed by atoms with Crippen LogP contribution in [0, 0.1) is 0 Å². The quantitative estimate of drug-likeness (QED) is 0.584. The van der Waals surface area contributed by atoms with Gasteiger partial charge in [0.15, 0.2) is 0 Å². The number of nitrogens with two attached hydrogens (primary N) is 1. The van der Waals surface area contributed by atoms with E-state index in [1.807, 2.05) is 12.1 Å². The highest BCUT2D eigenvalue weighted by atomic mass is 32.1. The summed E-state index contributed by atoms with van der Waals surface area (Å²) in [6, 6.07) is 7.15. The van der Waals surface area contributed by atoms with Gasteiger partial charge in [-0.15, -0.1) is 0 Å². The minimum Gasteiger partial charge on any atom is -0.496 e. The highest BCUT2D eigenvalue weighted by Crippen LogP contribution is 2.16. The molecular formula is C13H18N2O2S. The van der Waals surface area contributed by atoms with Crippen LogP contribution in [-0.4, -0.2) is 24.6 Å². The fourth-order valence-corrected chi connectivity index (χ4v) is 1.70. The molecule has 1 rings (SSSR count). The number of nitrogens with one attached hydrogen (secondary N) is 1. The maximum Gasteiger partial charge on any atom is 0.255 e. The first-order valence-electron chi connectivity index (χ1n) is 5.84. The molecule has 0 fully saturated rings. The molecule has 0 bridgehead atoms. The fourth-order valence-electron chi connectivity index (χ4n) is 1.55. The van der Waals surface area contributed by atoms with Crippen LogP contribution >= 0.6 is 12.2 Å². The van der Waals surface area contributed by atoms with Gasteiger partial charge < -0.3 is 15.8 Å². The van der Waals surface area contributed by atoms with E-state index in [2.05, 4.69) is 5.32 Å². The molecule has 0 radical (unpaired) electrons. The summed E-state index contributed by atoms with van der Waals surface area (Å²) < 4.78 is 5.13. The second kappa shape index (κ2) is 7.66. The maximum absolute atomic E-state index is 11.9. The van der Waals surface area contributed by atoms with Gasteiger partial charge in [-0.1, -0.05) is 24.4 Å². The number of ether oxygens (including phenoxy) is 1.